The maximum atomic E-state index is 9.70. The van der Waals surface area contributed by atoms with E-state index in [1.165, 1.54) is 0 Å². The zero-order valence-electron chi connectivity index (χ0n) is 12.5. The Morgan fingerprint density at radius 3 is 1.37 bits per heavy atom. The van der Waals surface area contributed by atoms with E-state index in [9.17, 15) is 9.59 Å². The fraction of sp³-hybridized carbons (Fsp3) is 0.846. The second-order valence-corrected chi connectivity index (χ2v) is 5.12. The number of aliphatic carboxylic acids is 2. The summed E-state index contributed by atoms with van der Waals surface area (Å²) in [6.07, 6.45) is 1.02. The van der Waals surface area contributed by atoms with Crippen molar-refractivity contribution in [1.29, 1.82) is 0 Å². The number of aliphatic hydroxyl groups is 2. The summed E-state index contributed by atoms with van der Waals surface area (Å²) < 4.78 is 0. The van der Waals surface area contributed by atoms with Crippen LogP contribution in [0.1, 0.15) is 47.5 Å². The molecular weight excluding hydrogens is 252 g/mol. The number of hydrogen-bond donors (Lipinski definition) is 4. The van der Waals surface area contributed by atoms with Crippen LogP contribution in [0.2, 0.25) is 0 Å². The van der Waals surface area contributed by atoms with E-state index < -0.39 is 11.9 Å². The Kier molecular flexibility index (Phi) is 16.1. The summed E-state index contributed by atoms with van der Waals surface area (Å²) in [7, 11) is 0. The first kappa shape index (κ1) is 23.0. The molecule has 116 valence electrons. The first-order chi connectivity index (χ1) is 8.53. The van der Waals surface area contributed by atoms with Gasteiger partial charge >= 0.3 is 11.9 Å². The SMILES string of the molecule is CC(C)(CO)CO.CC(C)C(=O)O.CCCC(=O)O. The molecule has 0 atom stereocenters. The maximum Gasteiger partial charge on any atom is 0.305 e. The summed E-state index contributed by atoms with van der Waals surface area (Å²) in [5.41, 5.74) is -0.306. The number of carboxylic acids is 2. The topological polar surface area (TPSA) is 115 Å². The molecule has 0 spiro atoms. The number of hydrogen-bond acceptors (Lipinski definition) is 4. The quantitative estimate of drug-likeness (QED) is 0.608. The van der Waals surface area contributed by atoms with Gasteiger partial charge < -0.3 is 20.4 Å². The van der Waals surface area contributed by atoms with Crippen LogP contribution >= 0.6 is 0 Å². The van der Waals surface area contributed by atoms with Crippen LogP contribution in [0.4, 0.5) is 0 Å². The molecule has 0 amide bonds. The number of rotatable bonds is 5. The van der Waals surface area contributed by atoms with Gasteiger partial charge in [-0.2, -0.15) is 0 Å². The average Bonchev–Trinajstić information content (AvgIpc) is 2.30. The lowest BCUT2D eigenvalue weighted by molar-refractivity contribution is -0.140. The lowest BCUT2D eigenvalue weighted by Gasteiger charge is -2.16. The highest BCUT2D eigenvalue weighted by molar-refractivity contribution is 5.68. The predicted octanol–water partition coefficient (Wildman–Crippen LogP) is 1.60. The highest BCUT2D eigenvalue weighted by atomic mass is 16.4. The summed E-state index contributed by atoms with van der Waals surface area (Å²) in [5, 5.41) is 32.8. The Bertz CT molecular complexity index is 229. The fourth-order valence-electron chi connectivity index (χ4n) is 0.264. The Labute approximate surface area is 115 Å². The van der Waals surface area contributed by atoms with Crippen LogP contribution in [0, 0.1) is 11.3 Å². The van der Waals surface area contributed by atoms with E-state index in [0.717, 1.165) is 6.42 Å². The standard InChI is InChI=1S/C5H12O2.2C4H8O2/c1-5(2,3-6)4-7;1-3(2)4(5)6;1-2-3-4(5)6/h6-7H,3-4H2,1-2H3;3H,1-2H3,(H,5,6);2-3H2,1H3,(H,5,6). The van der Waals surface area contributed by atoms with E-state index in [2.05, 4.69) is 0 Å². The molecule has 0 heterocycles. The van der Waals surface area contributed by atoms with E-state index in [1.807, 2.05) is 6.92 Å². The van der Waals surface area contributed by atoms with Gasteiger partial charge in [0.15, 0.2) is 0 Å². The Morgan fingerprint density at radius 1 is 1.05 bits per heavy atom. The maximum absolute atomic E-state index is 9.70. The Balaban J connectivity index is -0.000000203. The van der Waals surface area contributed by atoms with Crippen LogP contribution in [0.5, 0.6) is 0 Å². The van der Waals surface area contributed by atoms with Gasteiger partial charge in [0.25, 0.3) is 0 Å². The molecule has 0 fully saturated rings. The molecule has 0 radical (unpaired) electrons. The summed E-state index contributed by atoms with van der Waals surface area (Å²) in [6, 6.07) is 0. The Hall–Kier alpha value is -1.14. The van der Waals surface area contributed by atoms with E-state index >= 15 is 0 Å². The minimum atomic E-state index is -0.741. The number of aliphatic hydroxyl groups excluding tert-OH is 2. The van der Waals surface area contributed by atoms with E-state index in [0.29, 0.717) is 6.42 Å². The average molecular weight is 280 g/mol. The predicted molar refractivity (Wildman–Crippen MR) is 73.0 cm³/mol. The van der Waals surface area contributed by atoms with Crippen molar-refractivity contribution in [2.24, 2.45) is 11.3 Å². The summed E-state index contributed by atoms with van der Waals surface area (Å²) in [4.78, 5) is 19.3. The van der Waals surface area contributed by atoms with Crippen molar-refractivity contribution < 1.29 is 30.0 Å². The molecule has 6 nitrogen and oxygen atoms in total. The molecule has 4 N–H and O–H groups in total. The normalized spacial score (nSPS) is 9.89. The van der Waals surface area contributed by atoms with Crippen molar-refractivity contribution in [2.75, 3.05) is 13.2 Å². The smallest absolute Gasteiger partial charge is 0.305 e. The zero-order chi connectivity index (χ0) is 16.1. The van der Waals surface area contributed by atoms with Crippen LogP contribution in [-0.4, -0.2) is 45.6 Å². The first-order valence-corrected chi connectivity index (χ1v) is 6.20. The van der Waals surface area contributed by atoms with Crippen LogP contribution in [0.25, 0.3) is 0 Å². The van der Waals surface area contributed by atoms with Crippen molar-refractivity contribution in [1.82, 2.24) is 0 Å². The minimum Gasteiger partial charge on any atom is -0.481 e. The highest BCUT2D eigenvalue weighted by Crippen LogP contribution is 2.10. The van der Waals surface area contributed by atoms with Gasteiger partial charge in [0.2, 0.25) is 0 Å². The largest absolute Gasteiger partial charge is 0.481 e. The third-order valence-electron chi connectivity index (χ3n) is 1.81. The third kappa shape index (κ3) is 26.5. The molecule has 0 rings (SSSR count). The van der Waals surface area contributed by atoms with Gasteiger partial charge in [-0.15, -0.1) is 0 Å². The molecule has 19 heavy (non-hydrogen) atoms. The van der Waals surface area contributed by atoms with Gasteiger partial charge in [-0.25, -0.2) is 0 Å². The Morgan fingerprint density at radius 2 is 1.37 bits per heavy atom. The molecule has 6 heteroatoms. The highest BCUT2D eigenvalue weighted by Gasteiger charge is 2.13. The summed E-state index contributed by atoms with van der Waals surface area (Å²) in [5.74, 6) is -1.68. The molecule has 0 saturated heterocycles. The van der Waals surface area contributed by atoms with Crippen molar-refractivity contribution in [3.05, 3.63) is 0 Å². The summed E-state index contributed by atoms with van der Waals surface area (Å²) >= 11 is 0. The van der Waals surface area contributed by atoms with Crippen LogP contribution in [0.15, 0.2) is 0 Å². The second-order valence-electron chi connectivity index (χ2n) is 5.12. The van der Waals surface area contributed by atoms with Crippen molar-refractivity contribution in [2.45, 2.75) is 47.5 Å². The molecular formula is C13H28O6. The van der Waals surface area contributed by atoms with Gasteiger partial charge in [-0.1, -0.05) is 34.6 Å². The molecule has 0 aliphatic rings. The lowest BCUT2D eigenvalue weighted by Crippen LogP contribution is -2.20. The van der Waals surface area contributed by atoms with E-state index in [4.69, 9.17) is 20.4 Å². The van der Waals surface area contributed by atoms with Crippen LogP contribution in [0.3, 0.4) is 0 Å². The van der Waals surface area contributed by atoms with Crippen LogP contribution in [-0.2, 0) is 9.59 Å². The minimum absolute atomic E-state index is 0.0451. The van der Waals surface area contributed by atoms with E-state index in [1.54, 1.807) is 27.7 Å². The molecule has 0 aliphatic heterocycles. The molecule has 0 aromatic heterocycles. The van der Waals surface area contributed by atoms with Crippen LogP contribution < -0.4 is 0 Å². The van der Waals surface area contributed by atoms with Gasteiger partial charge in [-0.3, -0.25) is 9.59 Å². The molecule has 0 aromatic rings. The lowest BCUT2D eigenvalue weighted by atomic mass is 9.97. The van der Waals surface area contributed by atoms with Crippen molar-refractivity contribution in [3.63, 3.8) is 0 Å². The number of carboxylic acid groups (broad SMARTS) is 2. The number of carbonyl (C=O) groups is 2. The molecule has 0 bridgehead atoms. The second kappa shape index (κ2) is 13.3. The molecule has 0 saturated carbocycles. The van der Waals surface area contributed by atoms with Gasteiger partial charge in [0.05, 0.1) is 19.1 Å². The molecule has 0 unspecified atom stereocenters. The third-order valence-corrected chi connectivity index (χ3v) is 1.81. The van der Waals surface area contributed by atoms with Gasteiger partial charge in [0, 0.05) is 11.8 Å². The first-order valence-electron chi connectivity index (χ1n) is 6.20. The molecule has 0 aliphatic carbocycles. The monoisotopic (exact) mass is 280 g/mol. The summed E-state index contributed by atoms with van der Waals surface area (Å²) in [6.45, 7) is 8.81. The van der Waals surface area contributed by atoms with Crippen molar-refractivity contribution >= 4 is 11.9 Å². The van der Waals surface area contributed by atoms with Crippen molar-refractivity contribution in [3.8, 4) is 0 Å². The van der Waals surface area contributed by atoms with Gasteiger partial charge in [-0.05, 0) is 6.42 Å². The molecule has 0 aromatic carbocycles. The van der Waals surface area contributed by atoms with E-state index in [-0.39, 0.29) is 24.5 Å². The zero-order valence-corrected chi connectivity index (χ0v) is 12.5. The fourth-order valence-corrected chi connectivity index (χ4v) is 0.264. The van der Waals surface area contributed by atoms with Gasteiger partial charge in [0.1, 0.15) is 0 Å².